The minimum atomic E-state index is -0.106. The summed E-state index contributed by atoms with van der Waals surface area (Å²) in [5, 5.41) is 6.05. The van der Waals surface area contributed by atoms with Crippen LogP contribution in [0.5, 0.6) is 5.75 Å². The fourth-order valence-electron chi connectivity index (χ4n) is 3.59. The molecule has 4 nitrogen and oxygen atoms in total. The Bertz CT molecular complexity index is 565. The average Bonchev–Trinajstić information content (AvgIpc) is 3.38. The monoisotopic (exact) mass is 344 g/mol. The fourth-order valence-corrected chi connectivity index (χ4v) is 3.59. The molecule has 2 amide bonds. The van der Waals surface area contributed by atoms with Crippen LogP contribution in [0.3, 0.4) is 0 Å². The van der Waals surface area contributed by atoms with Gasteiger partial charge in [-0.3, -0.25) is 0 Å². The van der Waals surface area contributed by atoms with Crippen LogP contribution in [0.15, 0.2) is 24.3 Å². The number of rotatable bonds is 5. The Hall–Kier alpha value is -1.71. The minimum Gasteiger partial charge on any atom is -0.493 e. The zero-order valence-corrected chi connectivity index (χ0v) is 15.8. The number of nitrogens with one attached hydrogen (secondary N) is 2. The number of hydrogen-bond acceptors (Lipinski definition) is 2. The molecule has 3 rings (SSSR count). The van der Waals surface area contributed by atoms with E-state index in [1.165, 1.54) is 25.7 Å². The normalized spacial score (nSPS) is 23.8. The molecule has 0 heterocycles. The topological polar surface area (TPSA) is 50.4 Å². The molecule has 0 saturated heterocycles. The summed E-state index contributed by atoms with van der Waals surface area (Å²) in [6.45, 7) is 7.76. The minimum absolute atomic E-state index is 0.106. The highest BCUT2D eigenvalue weighted by atomic mass is 16.5. The molecule has 0 bridgehead atoms. The molecule has 2 fully saturated rings. The second kappa shape index (κ2) is 7.67. The van der Waals surface area contributed by atoms with Crippen molar-refractivity contribution in [3.8, 4) is 5.75 Å². The first-order valence-electron chi connectivity index (χ1n) is 9.70. The van der Waals surface area contributed by atoms with E-state index in [4.69, 9.17) is 4.74 Å². The van der Waals surface area contributed by atoms with Gasteiger partial charge in [0.25, 0.3) is 0 Å². The van der Waals surface area contributed by atoms with Crippen molar-refractivity contribution < 1.29 is 9.53 Å². The lowest BCUT2D eigenvalue weighted by Gasteiger charge is -2.37. The molecule has 0 aromatic heterocycles. The molecule has 2 N–H and O–H groups in total. The highest BCUT2D eigenvalue weighted by Gasteiger charge is 2.30. The van der Waals surface area contributed by atoms with Gasteiger partial charge in [-0.15, -0.1) is 0 Å². The summed E-state index contributed by atoms with van der Waals surface area (Å²) in [6.07, 6.45) is 7.12. The molecule has 0 radical (unpaired) electrons. The number of anilines is 1. The van der Waals surface area contributed by atoms with E-state index in [0.29, 0.717) is 11.5 Å². The number of hydrogen-bond donors (Lipinski definition) is 2. The maximum atomic E-state index is 12.2. The Labute approximate surface area is 151 Å². The van der Waals surface area contributed by atoms with E-state index < -0.39 is 0 Å². The van der Waals surface area contributed by atoms with Gasteiger partial charge in [-0.05, 0) is 80.0 Å². The number of ether oxygens (including phenoxy) is 1. The van der Waals surface area contributed by atoms with Crippen LogP contribution < -0.4 is 15.4 Å². The summed E-state index contributed by atoms with van der Waals surface area (Å²) >= 11 is 0. The number of urea groups is 1. The molecule has 0 spiro atoms. The Kier molecular flexibility index (Phi) is 5.55. The van der Waals surface area contributed by atoms with Gasteiger partial charge in [0.05, 0.1) is 6.61 Å². The first kappa shape index (κ1) is 18.1. The zero-order valence-electron chi connectivity index (χ0n) is 15.8. The van der Waals surface area contributed by atoms with Crippen LogP contribution in [0.1, 0.15) is 59.3 Å². The van der Waals surface area contributed by atoms with E-state index in [2.05, 4.69) is 31.4 Å². The molecule has 25 heavy (non-hydrogen) atoms. The quantitative estimate of drug-likeness (QED) is 0.771. The van der Waals surface area contributed by atoms with E-state index in [9.17, 15) is 4.79 Å². The summed E-state index contributed by atoms with van der Waals surface area (Å²) in [7, 11) is 0. The summed E-state index contributed by atoms with van der Waals surface area (Å²) in [6, 6.07) is 7.83. The van der Waals surface area contributed by atoms with Crippen molar-refractivity contribution >= 4 is 11.7 Å². The van der Waals surface area contributed by atoms with Crippen LogP contribution in [-0.2, 0) is 0 Å². The molecule has 4 heteroatoms. The Morgan fingerprint density at radius 2 is 1.68 bits per heavy atom. The van der Waals surface area contributed by atoms with Gasteiger partial charge in [0.15, 0.2) is 0 Å². The highest BCUT2D eigenvalue weighted by Crippen LogP contribution is 2.37. The van der Waals surface area contributed by atoms with Gasteiger partial charge >= 0.3 is 6.03 Å². The molecular formula is C21H32N2O2. The highest BCUT2D eigenvalue weighted by molar-refractivity contribution is 5.89. The summed E-state index contributed by atoms with van der Waals surface area (Å²) in [5.41, 5.74) is 1.18. The van der Waals surface area contributed by atoms with Crippen LogP contribution in [0.25, 0.3) is 0 Å². The van der Waals surface area contributed by atoms with Crippen LogP contribution in [0.2, 0.25) is 0 Å². The SMILES string of the molecule is CC(C)(C)C1CCC(NC(=O)Nc2ccc(OCC3CC3)cc2)CC1. The molecule has 1 aromatic carbocycles. The second-order valence-corrected chi connectivity index (χ2v) is 8.79. The molecule has 0 atom stereocenters. The molecule has 0 unspecified atom stereocenters. The summed E-state index contributed by atoms with van der Waals surface area (Å²) in [5.74, 6) is 2.38. The number of amides is 2. The fraction of sp³-hybridized carbons (Fsp3) is 0.667. The van der Waals surface area contributed by atoms with E-state index in [1.54, 1.807) is 0 Å². The molecule has 1 aromatic rings. The predicted molar refractivity (Wildman–Crippen MR) is 102 cm³/mol. The average molecular weight is 344 g/mol. The maximum absolute atomic E-state index is 12.2. The van der Waals surface area contributed by atoms with Crippen molar-refractivity contribution in [3.63, 3.8) is 0 Å². The van der Waals surface area contributed by atoms with E-state index >= 15 is 0 Å². The third-order valence-electron chi connectivity index (χ3n) is 5.58. The van der Waals surface area contributed by atoms with Crippen LogP contribution in [0.4, 0.5) is 10.5 Å². The van der Waals surface area contributed by atoms with Crippen molar-refractivity contribution in [2.24, 2.45) is 17.3 Å². The van der Waals surface area contributed by atoms with Crippen molar-refractivity contribution in [1.29, 1.82) is 0 Å². The van der Waals surface area contributed by atoms with Crippen LogP contribution in [0, 0.1) is 17.3 Å². The van der Waals surface area contributed by atoms with Crippen molar-refractivity contribution in [2.45, 2.75) is 65.3 Å². The summed E-state index contributed by atoms with van der Waals surface area (Å²) in [4.78, 5) is 12.2. The largest absolute Gasteiger partial charge is 0.493 e. The van der Waals surface area contributed by atoms with Crippen molar-refractivity contribution in [3.05, 3.63) is 24.3 Å². The van der Waals surface area contributed by atoms with Gasteiger partial charge in [0, 0.05) is 11.7 Å². The lowest BCUT2D eigenvalue weighted by Crippen LogP contribution is -2.41. The molecule has 2 aliphatic rings. The summed E-state index contributed by atoms with van der Waals surface area (Å²) < 4.78 is 5.72. The molecule has 2 aliphatic carbocycles. The second-order valence-electron chi connectivity index (χ2n) is 8.79. The van der Waals surface area contributed by atoms with Gasteiger partial charge in [-0.1, -0.05) is 20.8 Å². The lowest BCUT2D eigenvalue weighted by atomic mass is 9.71. The van der Waals surface area contributed by atoms with E-state index in [-0.39, 0.29) is 6.03 Å². The van der Waals surface area contributed by atoms with Crippen molar-refractivity contribution in [2.75, 3.05) is 11.9 Å². The first-order chi connectivity index (χ1) is 11.9. The standard InChI is InChI=1S/C21H32N2O2/c1-21(2,3)16-6-8-17(9-7-16)22-20(24)23-18-10-12-19(13-11-18)25-14-15-4-5-15/h10-13,15-17H,4-9,14H2,1-3H3,(H2,22,23,24). The van der Waals surface area contributed by atoms with E-state index in [1.807, 2.05) is 24.3 Å². The van der Waals surface area contributed by atoms with E-state index in [0.717, 1.165) is 42.7 Å². The number of carbonyl (C=O) groups is 1. The number of carbonyl (C=O) groups excluding carboxylic acids is 1. The third-order valence-corrected chi connectivity index (χ3v) is 5.58. The molecule has 0 aliphatic heterocycles. The maximum Gasteiger partial charge on any atom is 0.319 e. The third kappa shape index (κ3) is 5.65. The molecular weight excluding hydrogens is 312 g/mol. The Balaban J connectivity index is 1.40. The first-order valence-corrected chi connectivity index (χ1v) is 9.70. The molecule has 2 saturated carbocycles. The number of benzene rings is 1. The lowest BCUT2D eigenvalue weighted by molar-refractivity contribution is 0.161. The van der Waals surface area contributed by atoms with Gasteiger partial charge in [0.1, 0.15) is 5.75 Å². The Morgan fingerprint density at radius 3 is 2.24 bits per heavy atom. The van der Waals surface area contributed by atoms with Crippen LogP contribution >= 0.6 is 0 Å². The van der Waals surface area contributed by atoms with Gasteiger partial charge in [-0.2, -0.15) is 0 Å². The zero-order chi connectivity index (χ0) is 17.9. The van der Waals surface area contributed by atoms with Gasteiger partial charge in [0.2, 0.25) is 0 Å². The predicted octanol–water partition coefficient (Wildman–Crippen LogP) is 5.20. The molecule has 138 valence electrons. The van der Waals surface area contributed by atoms with Gasteiger partial charge in [-0.25, -0.2) is 4.79 Å². The van der Waals surface area contributed by atoms with Crippen LogP contribution in [-0.4, -0.2) is 18.7 Å². The Morgan fingerprint density at radius 1 is 1.04 bits per heavy atom. The van der Waals surface area contributed by atoms with Gasteiger partial charge < -0.3 is 15.4 Å². The van der Waals surface area contributed by atoms with Crippen molar-refractivity contribution in [1.82, 2.24) is 5.32 Å². The smallest absolute Gasteiger partial charge is 0.319 e.